The zero-order chi connectivity index (χ0) is 20.4. The van der Waals surface area contributed by atoms with Gasteiger partial charge < -0.3 is 23.4 Å². The molecule has 1 aromatic carbocycles. The van der Waals surface area contributed by atoms with Crippen LogP contribution in [0.15, 0.2) is 53.2 Å². The van der Waals surface area contributed by atoms with Crippen molar-refractivity contribution in [2.45, 2.75) is 0 Å². The topological polar surface area (TPSA) is 75.8 Å². The summed E-state index contributed by atoms with van der Waals surface area (Å²) in [4.78, 5) is 8.72. The van der Waals surface area contributed by atoms with Crippen LogP contribution in [0.5, 0.6) is 23.1 Å². The minimum absolute atomic E-state index is 0.526. The maximum Gasteiger partial charge on any atom is 0.212 e. The van der Waals surface area contributed by atoms with E-state index in [0.717, 1.165) is 22.2 Å². The number of methoxy groups -OCH3 is 4. The molecule has 29 heavy (non-hydrogen) atoms. The van der Waals surface area contributed by atoms with Crippen molar-refractivity contribution in [2.75, 3.05) is 28.4 Å². The highest BCUT2D eigenvalue weighted by molar-refractivity contribution is 5.92. The highest BCUT2D eigenvalue weighted by atomic mass is 16.5. The minimum Gasteiger partial charge on any atom is -0.493 e. The van der Waals surface area contributed by atoms with Crippen molar-refractivity contribution in [1.82, 2.24) is 9.97 Å². The molecule has 0 fully saturated rings. The molecule has 7 nitrogen and oxygen atoms in total. The van der Waals surface area contributed by atoms with Crippen LogP contribution in [0, 0.1) is 0 Å². The average Bonchev–Trinajstić information content (AvgIpc) is 3.22. The van der Waals surface area contributed by atoms with Crippen LogP contribution in [0.1, 0.15) is 0 Å². The van der Waals surface area contributed by atoms with Crippen molar-refractivity contribution in [3.8, 4) is 45.6 Å². The summed E-state index contributed by atoms with van der Waals surface area (Å²) in [6, 6.07) is 11.2. The smallest absolute Gasteiger partial charge is 0.212 e. The van der Waals surface area contributed by atoms with E-state index in [2.05, 4.69) is 9.97 Å². The molecule has 0 aliphatic carbocycles. The lowest BCUT2D eigenvalue weighted by Crippen LogP contribution is -1.95. The van der Waals surface area contributed by atoms with Crippen molar-refractivity contribution in [2.24, 2.45) is 0 Å². The van der Waals surface area contributed by atoms with Crippen molar-refractivity contribution < 1.29 is 23.4 Å². The van der Waals surface area contributed by atoms with Crippen LogP contribution in [-0.4, -0.2) is 38.4 Å². The predicted molar refractivity (Wildman–Crippen MR) is 109 cm³/mol. The molecule has 0 radical (unpaired) electrons. The molecule has 0 N–H and O–H groups in total. The van der Waals surface area contributed by atoms with E-state index in [-0.39, 0.29) is 0 Å². The van der Waals surface area contributed by atoms with E-state index < -0.39 is 0 Å². The van der Waals surface area contributed by atoms with Gasteiger partial charge in [0.15, 0.2) is 17.1 Å². The zero-order valence-electron chi connectivity index (χ0n) is 16.6. The first-order valence-electron chi connectivity index (χ1n) is 8.87. The highest BCUT2D eigenvalue weighted by Crippen LogP contribution is 2.42. The van der Waals surface area contributed by atoms with Gasteiger partial charge in [0.25, 0.3) is 0 Å². The van der Waals surface area contributed by atoms with Gasteiger partial charge in [0.2, 0.25) is 11.6 Å². The number of fused-ring (bicyclic) bond motifs is 1. The lowest BCUT2D eigenvalue weighted by atomic mass is 10.1. The van der Waals surface area contributed by atoms with Crippen molar-refractivity contribution in [3.05, 3.63) is 48.8 Å². The Hall–Kier alpha value is -3.74. The first-order chi connectivity index (χ1) is 14.2. The summed E-state index contributed by atoms with van der Waals surface area (Å²) < 4.78 is 27.6. The van der Waals surface area contributed by atoms with Gasteiger partial charge in [-0.05, 0) is 24.3 Å². The van der Waals surface area contributed by atoms with E-state index in [1.54, 1.807) is 40.8 Å². The molecule has 7 heteroatoms. The normalized spacial score (nSPS) is 10.8. The van der Waals surface area contributed by atoms with Crippen molar-refractivity contribution in [3.63, 3.8) is 0 Å². The predicted octanol–water partition coefficient (Wildman–Crippen LogP) is 4.59. The number of pyridine rings is 2. The number of furan rings is 1. The summed E-state index contributed by atoms with van der Waals surface area (Å²) in [5.41, 5.74) is 3.99. The fraction of sp³-hybridized carbons (Fsp3) is 0.182. The van der Waals surface area contributed by atoms with Gasteiger partial charge >= 0.3 is 0 Å². The summed E-state index contributed by atoms with van der Waals surface area (Å²) in [5, 5.41) is 0. The number of hydrogen-bond donors (Lipinski definition) is 0. The fourth-order valence-corrected chi connectivity index (χ4v) is 3.19. The molecule has 4 aromatic rings. The summed E-state index contributed by atoms with van der Waals surface area (Å²) in [5.74, 6) is 2.82. The maximum atomic E-state index is 6.20. The van der Waals surface area contributed by atoms with Crippen LogP contribution in [0.2, 0.25) is 0 Å². The third-order valence-electron chi connectivity index (χ3n) is 4.62. The number of aromatic nitrogens is 2. The van der Waals surface area contributed by atoms with Gasteiger partial charge in [-0.3, -0.25) is 4.98 Å². The number of benzene rings is 1. The lowest BCUT2D eigenvalue weighted by molar-refractivity contribution is 0.324. The van der Waals surface area contributed by atoms with Gasteiger partial charge in [-0.2, -0.15) is 0 Å². The lowest BCUT2D eigenvalue weighted by Gasteiger charge is -2.13. The molecule has 0 bridgehead atoms. The molecule has 0 amide bonds. The third-order valence-corrected chi connectivity index (χ3v) is 4.62. The van der Waals surface area contributed by atoms with Gasteiger partial charge in [0, 0.05) is 41.2 Å². The van der Waals surface area contributed by atoms with E-state index in [4.69, 9.17) is 23.4 Å². The van der Waals surface area contributed by atoms with E-state index >= 15 is 0 Å². The van der Waals surface area contributed by atoms with Gasteiger partial charge in [-0.15, -0.1) is 0 Å². The fourth-order valence-electron chi connectivity index (χ4n) is 3.19. The van der Waals surface area contributed by atoms with Gasteiger partial charge in [0.05, 0.1) is 28.4 Å². The van der Waals surface area contributed by atoms with Crippen LogP contribution >= 0.6 is 0 Å². The van der Waals surface area contributed by atoms with Gasteiger partial charge in [-0.1, -0.05) is 0 Å². The van der Waals surface area contributed by atoms with E-state index in [1.807, 2.05) is 36.4 Å². The Morgan fingerprint density at radius 3 is 2.10 bits per heavy atom. The van der Waals surface area contributed by atoms with Crippen LogP contribution in [-0.2, 0) is 0 Å². The molecule has 0 unspecified atom stereocenters. The number of rotatable bonds is 6. The molecule has 4 rings (SSSR count). The minimum atomic E-state index is 0.526. The number of hydrogen-bond acceptors (Lipinski definition) is 7. The molecular formula is C22H20N2O5. The second kappa shape index (κ2) is 7.71. The van der Waals surface area contributed by atoms with Crippen LogP contribution in [0.25, 0.3) is 33.6 Å². The average molecular weight is 392 g/mol. The van der Waals surface area contributed by atoms with Crippen LogP contribution < -0.4 is 18.9 Å². The first kappa shape index (κ1) is 18.6. The van der Waals surface area contributed by atoms with E-state index in [0.29, 0.717) is 34.5 Å². The number of nitrogens with zero attached hydrogens (tertiary/aromatic N) is 2. The third kappa shape index (κ3) is 3.31. The monoisotopic (exact) mass is 392 g/mol. The largest absolute Gasteiger partial charge is 0.493 e. The molecule has 0 aliphatic heterocycles. The molecule has 3 heterocycles. The summed E-state index contributed by atoms with van der Waals surface area (Å²) in [7, 11) is 6.31. The Bertz CT molecular complexity index is 1130. The standard InChI is InChI=1S/C22H20N2O5/c1-25-18-9-14(10-19(26-2)22(18)28-4)17-11-16-21(29-17)15(7-8-23-16)13-5-6-20(27-3)24-12-13/h5-12H,1-4H3. The van der Waals surface area contributed by atoms with Gasteiger partial charge in [0.1, 0.15) is 11.3 Å². The molecule has 0 saturated carbocycles. The molecule has 0 saturated heterocycles. The maximum absolute atomic E-state index is 6.20. The first-order valence-corrected chi connectivity index (χ1v) is 8.87. The summed E-state index contributed by atoms with van der Waals surface area (Å²) in [6.45, 7) is 0. The zero-order valence-corrected chi connectivity index (χ0v) is 16.6. The van der Waals surface area contributed by atoms with Crippen LogP contribution in [0.3, 0.4) is 0 Å². The Labute approximate surface area is 167 Å². The van der Waals surface area contributed by atoms with E-state index in [9.17, 15) is 0 Å². The van der Waals surface area contributed by atoms with Gasteiger partial charge in [-0.25, -0.2) is 4.98 Å². The second-order valence-electron chi connectivity index (χ2n) is 6.19. The molecule has 0 aliphatic rings. The molecule has 0 spiro atoms. The molecule has 0 atom stereocenters. The van der Waals surface area contributed by atoms with Crippen molar-refractivity contribution in [1.29, 1.82) is 0 Å². The summed E-state index contributed by atoms with van der Waals surface area (Å²) >= 11 is 0. The summed E-state index contributed by atoms with van der Waals surface area (Å²) in [6.07, 6.45) is 3.49. The van der Waals surface area contributed by atoms with Crippen LogP contribution in [0.4, 0.5) is 0 Å². The highest BCUT2D eigenvalue weighted by Gasteiger charge is 2.18. The Morgan fingerprint density at radius 1 is 0.759 bits per heavy atom. The molecular weight excluding hydrogens is 372 g/mol. The Morgan fingerprint density at radius 2 is 1.52 bits per heavy atom. The SMILES string of the molecule is COc1ccc(-c2ccnc3cc(-c4cc(OC)c(OC)c(OC)c4)oc23)cn1. The van der Waals surface area contributed by atoms with E-state index in [1.165, 1.54) is 0 Å². The molecule has 3 aromatic heterocycles. The Balaban J connectivity index is 1.84. The van der Waals surface area contributed by atoms with Crippen molar-refractivity contribution >= 4 is 11.1 Å². The second-order valence-corrected chi connectivity index (χ2v) is 6.19. The molecule has 148 valence electrons. The quantitative estimate of drug-likeness (QED) is 0.475. The number of ether oxygens (including phenoxy) is 4. The Kier molecular flexibility index (Phi) is 4.95.